The second-order valence-corrected chi connectivity index (χ2v) is 6.91. The molecule has 17 heavy (non-hydrogen) atoms. The molecule has 6 nitrogen and oxygen atoms in total. The highest BCUT2D eigenvalue weighted by Crippen LogP contribution is 2.19. The molecule has 0 aliphatic heterocycles. The van der Waals surface area contributed by atoms with Gasteiger partial charge in [0.05, 0.1) is 5.75 Å². The molecule has 0 radical (unpaired) electrons. The van der Waals surface area contributed by atoms with Crippen LogP contribution in [0.3, 0.4) is 0 Å². The van der Waals surface area contributed by atoms with Crippen LogP contribution in [0.5, 0.6) is 0 Å². The Bertz CT molecular complexity index is 467. The predicted molar refractivity (Wildman–Crippen MR) is 67.7 cm³/mol. The summed E-state index contributed by atoms with van der Waals surface area (Å²) < 4.78 is 25.8. The summed E-state index contributed by atoms with van der Waals surface area (Å²) in [7, 11) is -3.30. The Balaban J connectivity index is 1.82. The van der Waals surface area contributed by atoms with Gasteiger partial charge in [-0.05, 0) is 19.3 Å². The van der Waals surface area contributed by atoms with Gasteiger partial charge in [-0.25, -0.2) is 8.42 Å². The minimum atomic E-state index is -3.30. The molecule has 0 aromatic carbocycles. The van der Waals surface area contributed by atoms with E-state index in [4.69, 9.17) is 0 Å². The molecule has 0 unspecified atom stereocenters. The number of hydrogen-bond donors (Lipinski definition) is 2. The fourth-order valence-electron chi connectivity index (χ4n) is 1.31. The van der Waals surface area contributed by atoms with Gasteiger partial charge in [-0.3, -0.25) is 4.72 Å². The van der Waals surface area contributed by atoms with Gasteiger partial charge >= 0.3 is 0 Å². The molecule has 1 aromatic rings. The van der Waals surface area contributed by atoms with Gasteiger partial charge in [-0.1, -0.05) is 18.3 Å². The fraction of sp³-hybridized carbons (Fsp3) is 0.778. The average molecular weight is 276 g/mol. The normalized spacial score (nSPS) is 16.1. The minimum Gasteiger partial charge on any atom is -0.313 e. The van der Waals surface area contributed by atoms with E-state index in [9.17, 15) is 8.42 Å². The van der Waals surface area contributed by atoms with Gasteiger partial charge in [0, 0.05) is 12.6 Å². The Morgan fingerprint density at radius 2 is 2.18 bits per heavy atom. The lowest BCUT2D eigenvalue weighted by atomic mass is 10.5. The van der Waals surface area contributed by atoms with Crippen molar-refractivity contribution in [2.24, 2.45) is 0 Å². The number of rotatable bonds is 7. The van der Waals surface area contributed by atoms with Crippen LogP contribution in [0.2, 0.25) is 0 Å². The van der Waals surface area contributed by atoms with Crippen molar-refractivity contribution in [1.82, 2.24) is 15.5 Å². The summed E-state index contributed by atoms with van der Waals surface area (Å²) >= 11 is 1.28. The van der Waals surface area contributed by atoms with E-state index in [0.717, 1.165) is 24.3 Å². The molecule has 1 fully saturated rings. The van der Waals surface area contributed by atoms with Crippen LogP contribution in [-0.4, -0.2) is 37.0 Å². The van der Waals surface area contributed by atoms with Crippen LogP contribution in [0.25, 0.3) is 0 Å². The number of nitrogens with zero attached hydrogens (tertiary/aromatic N) is 2. The molecule has 0 spiro atoms. The van der Waals surface area contributed by atoms with E-state index < -0.39 is 10.0 Å². The fourth-order valence-corrected chi connectivity index (χ4v) is 3.18. The van der Waals surface area contributed by atoms with Crippen molar-refractivity contribution >= 4 is 26.5 Å². The maximum Gasteiger partial charge on any atom is 0.235 e. The summed E-state index contributed by atoms with van der Waals surface area (Å²) in [6.07, 6.45) is 3.08. The highest BCUT2D eigenvalue weighted by molar-refractivity contribution is 7.92. The maximum absolute atomic E-state index is 11.7. The average Bonchev–Trinajstić information content (AvgIpc) is 2.97. The molecule has 8 heteroatoms. The van der Waals surface area contributed by atoms with Gasteiger partial charge in [0.25, 0.3) is 0 Å². The molecular weight excluding hydrogens is 260 g/mol. The first-order valence-corrected chi connectivity index (χ1v) is 8.12. The second-order valence-electron chi connectivity index (χ2n) is 4.00. The molecule has 0 amide bonds. The van der Waals surface area contributed by atoms with Crippen LogP contribution in [-0.2, 0) is 16.4 Å². The number of sulfonamides is 1. The minimum absolute atomic E-state index is 0.0739. The van der Waals surface area contributed by atoms with Gasteiger partial charge in [-0.2, -0.15) is 0 Å². The van der Waals surface area contributed by atoms with Gasteiger partial charge in [-0.15, -0.1) is 10.2 Å². The zero-order chi connectivity index (χ0) is 12.3. The molecule has 1 aliphatic carbocycles. The molecule has 96 valence electrons. The van der Waals surface area contributed by atoms with Crippen molar-refractivity contribution in [2.75, 3.05) is 17.0 Å². The summed E-state index contributed by atoms with van der Waals surface area (Å²) in [5.74, 6) is 0.0739. The second kappa shape index (κ2) is 5.28. The Kier molecular flexibility index (Phi) is 3.95. The van der Waals surface area contributed by atoms with Crippen molar-refractivity contribution in [3.63, 3.8) is 0 Å². The molecule has 1 aromatic heterocycles. The Morgan fingerprint density at radius 1 is 1.41 bits per heavy atom. The van der Waals surface area contributed by atoms with Crippen molar-refractivity contribution < 1.29 is 8.42 Å². The van der Waals surface area contributed by atoms with Crippen LogP contribution in [0.15, 0.2) is 0 Å². The summed E-state index contributed by atoms with van der Waals surface area (Å²) in [5, 5.41) is 12.0. The van der Waals surface area contributed by atoms with Crippen molar-refractivity contribution in [2.45, 2.75) is 32.2 Å². The Morgan fingerprint density at radius 3 is 2.76 bits per heavy atom. The van der Waals surface area contributed by atoms with E-state index in [2.05, 4.69) is 20.2 Å². The van der Waals surface area contributed by atoms with Crippen molar-refractivity contribution in [1.29, 1.82) is 0 Å². The first kappa shape index (κ1) is 12.7. The predicted octanol–water partition coefficient (Wildman–Crippen LogP) is 0.594. The third-order valence-electron chi connectivity index (χ3n) is 2.39. The topological polar surface area (TPSA) is 84.0 Å². The zero-order valence-electron chi connectivity index (χ0n) is 9.64. The van der Waals surface area contributed by atoms with E-state index in [1.807, 2.05) is 6.92 Å². The van der Waals surface area contributed by atoms with Crippen molar-refractivity contribution in [3.8, 4) is 0 Å². The molecule has 1 saturated carbocycles. The lowest BCUT2D eigenvalue weighted by Crippen LogP contribution is -2.27. The number of hydrogen-bond acceptors (Lipinski definition) is 6. The van der Waals surface area contributed by atoms with Crippen LogP contribution < -0.4 is 10.0 Å². The van der Waals surface area contributed by atoms with E-state index in [0.29, 0.717) is 17.7 Å². The Hall–Kier alpha value is -0.730. The quantitative estimate of drug-likeness (QED) is 0.761. The number of aromatic nitrogens is 2. The monoisotopic (exact) mass is 276 g/mol. The molecule has 1 heterocycles. The van der Waals surface area contributed by atoms with Gasteiger partial charge in [0.15, 0.2) is 0 Å². The highest BCUT2D eigenvalue weighted by atomic mass is 32.2. The van der Waals surface area contributed by atoms with Crippen LogP contribution in [0.4, 0.5) is 5.13 Å². The molecular formula is C9H16N4O2S2. The molecule has 2 N–H and O–H groups in total. The summed E-state index contributed by atoms with van der Waals surface area (Å²) in [6.45, 7) is 2.44. The lowest BCUT2D eigenvalue weighted by molar-refractivity contribution is 0.595. The zero-order valence-corrected chi connectivity index (χ0v) is 11.3. The molecule has 0 saturated heterocycles. The molecule has 1 aliphatic rings. The van der Waals surface area contributed by atoms with E-state index in [-0.39, 0.29) is 5.75 Å². The van der Waals surface area contributed by atoms with E-state index in [1.54, 1.807) is 0 Å². The van der Waals surface area contributed by atoms with Gasteiger partial charge in [0.1, 0.15) is 5.01 Å². The van der Waals surface area contributed by atoms with Crippen LogP contribution in [0, 0.1) is 0 Å². The highest BCUT2D eigenvalue weighted by Gasteiger charge is 2.21. The molecule has 0 bridgehead atoms. The number of aryl methyl sites for hydroxylation is 1. The smallest absolute Gasteiger partial charge is 0.235 e. The summed E-state index contributed by atoms with van der Waals surface area (Å²) in [4.78, 5) is 0. The van der Waals surface area contributed by atoms with E-state index in [1.165, 1.54) is 11.3 Å². The maximum atomic E-state index is 11.7. The number of anilines is 1. The Labute approximate surface area is 105 Å². The summed E-state index contributed by atoms with van der Waals surface area (Å²) in [5.41, 5.74) is 0. The molecule has 2 rings (SSSR count). The van der Waals surface area contributed by atoms with Crippen LogP contribution in [0.1, 0.15) is 24.8 Å². The number of nitrogens with one attached hydrogen (secondary N) is 2. The third-order valence-corrected chi connectivity index (χ3v) is 4.75. The summed E-state index contributed by atoms with van der Waals surface area (Å²) in [6, 6.07) is 0.526. The third kappa shape index (κ3) is 4.21. The van der Waals surface area contributed by atoms with E-state index >= 15 is 0 Å². The van der Waals surface area contributed by atoms with Gasteiger partial charge < -0.3 is 5.32 Å². The van der Waals surface area contributed by atoms with Crippen LogP contribution >= 0.6 is 11.3 Å². The standard InChI is InChI=1S/C9H16N4O2S2/c1-2-8-11-12-9(16-8)13-17(14,15)6-5-10-7-3-4-7/h7,10H,2-6H2,1H3,(H,12,13). The van der Waals surface area contributed by atoms with Gasteiger partial charge in [0.2, 0.25) is 15.2 Å². The SMILES string of the molecule is CCc1nnc(NS(=O)(=O)CCNC2CC2)s1. The first-order chi connectivity index (χ1) is 8.09. The van der Waals surface area contributed by atoms with Crippen molar-refractivity contribution in [3.05, 3.63) is 5.01 Å². The first-order valence-electron chi connectivity index (χ1n) is 5.65. The molecule has 0 atom stereocenters. The lowest BCUT2D eigenvalue weighted by Gasteiger charge is -2.05. The largest absolute Gasteiger partial charge is 0.313 e.